The van der Waals surface area contributed by atoms with Gasteiger partial charge in [-0.3, -0.25) is 4.84 Å². The first-order chi connectivity index (χ1) is 15.7. The predicted octanol–water partition coefficient (Wildman–Crippen LogP) is 4.25. The van der Waals surface area contributed by atoms with Crippen LogP contribution in [0.4, 0.5) is 16.3 Å². The maximum Gasteiger partial charge on any atom is 0.346 e. The van der Waals surface area contributed by atoms with Gasteiger partial charge >= 0.3 is 6.03 Å². The van der Waals surface area contributed by atoms with E-state index in [9.17, 15) is 4.79 Å². The molecular formula is C22H20N6O3S. The third kappa shape index (κ3) is 3.59. The molecule has 0 aliphatic carbocycles. The van der Waals surface area contributed by atoms with Crippen LogP contribution in [0.1, 0.15) is 18.0 Å². The fraction of sp³-hybridized carbons (Fsp3) is 0.182. The molecule has 4 heterocycles. The van der Waals surface area contributed by atoms with E-state index in [0.29, 0.717) is 24.0 Å². The van der Waals surface area contributed by atoms with Crippen molar-refractivity contribution >= 4 is 39.1 Å². The molecule has 162 valence electrons. The number of benzene rings is 1. The molecule has 1 saturated heterocycles. The highest BCUT2D eigenvalue weighted by Crippen LogP contribution is 2.37. The molecule has 5 rings (SSSR count). The van der Waals surface area contributed by atoms with Crippen LogP contribution in [0.3, 0.4) is 0 Å². The quantitative estimate of drug-likeness (QED) is 0.479. The summed E-state index contributed by atoms with van der Waals surface area (Å²) in [5, 5.41) is 6.20. The molecule has 2 amide bonds. The van der Waals surface area contributed by atoms with Crippen molar-refractivity contribution in [3.63, 3.8) is 0 Å². The number of thiophene rings is 1. The molecule has 3 N–H and O–H groups in total. The molecule has 1 aliphatic heterocycles. The number of nitrogens with zero attached hydrogens (tertiary/aromatic N) is 4. The number of urea groups is 1. The minimum atomic E-state index is -0.393. The molecular weight excluding hydrogens is 428 g/mol. The number of methoxy groups -OCH3 is 1. The van der Waals surface area contributed by atoms with Gasteiger partial charge in [0.1, 0.15) is 17.8 Å². The number of nitrogens with two attached hydrogens (primary N) is 1. The summed E-state index contributed by atoms with van der Waals surface area (Å²) >= 11 is 1.46. The fourth-order valence-electron chi connectivity index (χ4n) is 3.74. The zero-order chi connectivity index (χ0) is 22.1. The number of carbonyl (C=O) groups excluding carboxylic acids is 1. The Labute approximate surface area is 187 Å². The van der Waals surface area contributed by atoms with Gasteiger partial charge in [0.05, 0.1) is 30.0 Å². The summed E-state index contributed by atoms with van der Waals surface area (Å²) in [4.78, 5) is 31.5. The lowest BCUT2D eigenvalue weighted by Gasteiger charge is -2.23. The molecule has 1 aliphatic rings. The number of hydroxylamine groups is 2. The van der Waals surface area contributed by atoms with Gasteiger partial charge in [0.25, 0.3) is 0 Å². The lowest BCUT2D eigenvalue weighted by Crippen LogP contribution is -2.33. The van der Waals surface area contributed by atoms with Crippen molar-refractivity contribution < 1.29 is 14.4 Å². The average Bonchev–Trinajstić information content (AvgIpc) is 3.48. The number of rotatable bonds is 4. The highest BCUT2D eigenvalue weighted by atomic mass is 32.1. The van der Waals surface area contributed by atoms with Crippen LogP contribution in [0.25, 0.3) is 21.3 Å². The SMILES string of the molecule is COc1ncc(-c2csc3c(N)ncnc23)cc1NC(=O)N1OCC[C@H]1c1ccccc1. The zero-order valence-corrected chi connectivity index (χ0v) is 18.0. The Bertz CT molecular complexity index is 1280. The van der Waals surface area contributed by atoms with Crippen LogP contribution in [0.5, 0.6) is 5.88 Å². The van der Waals surface area contributed by atoms with Gasteiger partial charge in [-0.05, 0) is 11.6 Å². The van der Waals surface area contributed by atoms with Gasteiger partial charge in [-0.1, -0.05) is 30.3 Å². The Kier molecular flexibility index (Phi) is 5.29. The largest absolute Gasteiger partial charge is 0.480 e. The minimum Gasteiger partial charge on any atom is -0.480 e. The van der Waals surface area contributed by atoms with Crippen molar-refractivity contribution in [2.75, 3.05) is 24.8 Å². The highest BCUT2D eigenvalue weighted by molar-refractivity contribution is 7.18. The number of amides is 2. The van der Waals surface area contributed by atoms with Gasteiger partial charge in [0.2, 0.25) is 5.88 Å². The smallest absolute Gasteiger partial charge is 0.346 e. The number of hydrogen-bond donors (Lipinski definition) is 2. The maximum absolute atomic E-state index is 13.1. The van der Waals surface area contributed by atoms with Gasteiger partial charge in [0, 0.05) is 29.1 Å². The second kappa shape index (κ2) is 8.40. The number of anilines is 2. The van der Waals surface area contributed by atoms with Crippen LogP contribution >= 0.6 is 11.3 Å². The molecule has 32 heavy (non-hydrogen) atoms. The number of nitrogens with one attached hydrogen (secondary N) is 1. The van der Waals surface area contributed by atoms with Crippen LogP contribution in [0.2, 0.25) is 0 Å². The van der Waals surface area contributed by atoms with Gasteiger partial charge in [-0.15, -0.1) is 11.3 Å². The molecule has 10 heteroatoms. The van der Waals surface area contributed by atoms with E-state index < -0.39 is 6.03 Å². The summed E-state index contributed by atoms with van der Waals surface area (Å²) in [6, 6.07) is 11.0. The average molecular weight is 449 g/mol. The highest BCUT2D eigenvalue weighted by Gasteiger charge is 2.32. The van der Waals surface area contributed by atoms with Gasteiger partial charge in [-0.2, -0.15) is 5.06 Å². The van der Waals surface area contributed by atoms with Crippen molar-refractivity contribution in [3.05, 3.63) is 59.9 Å². The number of hydrogen-bond acceptors (Lipinski definition) is 8. The molecule has 0 spiro atoms. The first-order valence-electron chi connectivity index (χ1n) is 9.96. The molecule has 1 aromatic carbocycles. The van der Waals surface area contributed by atoms with E-state index >= 15 is 0 Å². The van der Waals surface area contributed by atoms with Crippen molar-refractivity contribution in [3.8, 4) is 17.0 Å². The Morgan fingerprint density at radius 2 is 2.12 bits per heavy atom. The summed E-state index contributed by atoms with van der Waals surface area (Å²) in [6.45, 7) is 0.463. The van der Waals surface area contributed by atoms with E-state index in [1.165, 1.54) is 29.8 Å². The lowest BCUT2D eigenvalue weighted by molar-refractivity contribution is -0.0830. The molecule has 1 atom stereocenters. The van der Waals surface area contributed by atoms with Crippen molar-refractivity contribution in [2.24, 2.45) is 0 Å². The molecule has 9 nitrogen and oxygen atoms in total. The van der Waals surface area contributed by atoms with Crippen LogP contribution in [0.15, 0.2) is 54.3 Å². The minimum absolute atomic E-state index is 0.168. The van der Waals surface area contributed by atoms with Crippen molar-refractivity contribution in [1.82, 2.24) is 20.0 Å². The van der Waals surface area contributed by atoms with Gasteiger partial charge < -0.3 is 15.8 Å². The molecule has 0 saturated carbocycles. The molecule has 0 unspecified atom stereocenters. The molecule has 3 aromatic heterocycles. The molecule has 1 fully saturated rings. The van der Waals surface area contributed by atoms with Crippen LogP contribution in [-0.4, -0.2) is 39.8 Å². The van der Waals surface area contributed by atoms with E-state index in [2.05, 4.69) is 20.3 Å². The number of fused-ring (bicyclic) bond motifs is 1. The topological polar surface area (TPSA) is 115 Å². The van der Waals surface area contributed by atoms with Gasteiger partial charge in [0.15, 0.2) is 0 Å². The van der Waals surface area contributed by atoms with Crippen LogP contribution in [0, 0.1) is 0 Å². The standard InChI is InChI=1S/C22H20N6O3S/c1-30-21-16(27-22(29)28-17(7-8-31-28)13-5-3-2-4-6-13)9-14(10-24-21)15-11-32-19-18(15)25-12-26-20(19)23/h2-6,9-12,17H,7-8H2,1H3,(H,27,29)(H2,23,25,26)/t17-/m0/s1. The third-order valence-corrected chi connectivity index (χ3v) is 6.26. The van der Waals surface area contributed by atoms with E-state index in [4.69, 9.17) is 15.3 Å². The molecule has 0 radical (unpaired) electrons. The number of carbonyl (C=O) groups is 1. The van der Waals surface area contributed by atoms with E-state index in [-0.39, 0.29) is 6.04 Å². The monoisotopic (exact) mass is 448 g/mol. The number of aromatic nitrogens is 3. The van der Waals surface area contributed by atoms with E-state index in [1.54, 1.807) is 12.3 Å². The summed E-state index contributed by atoms with van der Waals surface area (Å²) in [7, 11) is 1.50. The van der Waals surface area contributed by atoms with E-state index in [1.807, 2.05) is 35.7 Å². The number of nitrogen functional groups attached to an aromatic ring is 1. The summed E-state index contributed by atoms with van der Waals surface area (Å²) in [5.41, 5.74) is 9.77. The van der Waals surface area contributed by atoms with Crippen molar-refractivity contribution in [1.29, 1.82) is 0 Å². The Balaban J connectivity index is 1.45. The van der Waals surface area contributed by atoms with Crippen LogP contribution < -0.4 is 15.8 Å². The summed E-state index contributed by atoms with van der Waals surface area (Å²) in [5.74, 6) is 0.727. The Morgan fingerprint density at radius 3 is 2.94 bits per heavy atom. The number of pyridine rings is 1. The zero-order valence-electron chi connectivity index (χ0n) is 17.2. The molecule has 0 bridgehead atoms. The second-order valence-electron chi connectivity index (χ2n) is 7.17. The van der Waals surface area contributed by atoms with E-state index in [0.717, 1.165) is 33.3 Å². The van der Waals surface area contributed by atoms with Crippen LogP contribution in [-0.2, 0) is 4.84 Å². The predicted molar refractivity (Wildman–Crippen MR) is 122 cm³/mol. The normalized spacial score (nSPS) is 15.8. The van der Waals surface area contributed by atoms with Crippen molar-refractivity contribution in [2.45, 2.75) is 12.5 Å². The molecule has 4 aromatic rings. The Morgan fingerprint density at radius 1 is 1.28 bits per heavy atom. The lowest BCUT2D eigenvalue weighted by atomic mass is 10.1. The Hall–Kier alpha value is -3.76. The summed E-state index contributed by atoms with van der Waals surface area (Å²) < 4.78 is 6.18. The second-order valence-corrected chi connectivity index (χ2v) is 8.05. The third-order valence-electron chi connectivity index (χ3n) is 5.27. The maximum atomic E-state index is 13.1. The first kappa shape index (κ1) is 20.2. The summed E-state index contributed by atoms with van der Waals surface area (Å²) in [6.07, 6.45) is 3.82. The number of ether oxygens (including phenoxy) is 1. The van der Waals surface area contributed by atoms with Gasteiger partial charge in [-0.25, -0.2) is 19.7 Å². The first-order valence-corrected chi connectivity index (χ1v) is 10.8. The fourth-order valence-corrected chi connectivity index (χ4v) is 4.67.